The molecule has 2 aromatic carbocycles. The predicted octanol–water partition coefficient (Wildman–Crippen LogP) is 3.31. The number of benzene rings is 2. The Bertz CT molecular complexity index is 1000. The molecule has 0 fully saturated rings. The first kappa shape index (κ1) is 18.7. The third-order valence-electron chi connectivity index (χ3n) is 3.71. The Morgan fingerprint density at radius 1 is 1.15 bits per heavy atom. The van der Waals surface area contributed by atoms with Crippen LogP contribution in [0.3, 0.4) is 0 Å². The van der Waals surface area contributed by atoms with Crippen LogP contribution >= 0.6 is 11.8 Å². The molecule has 0 spiro atoms. The van der Waals surface area contributed by atoms with Crippen molar-refractivity contribution in [2.75, 3.05) is 12.4 Å². The summed E-state index contributed by atoms with van der Waals surface area (Å²) in [5.41, 5.74) is 0.629. The second-order valence-electron chi connectivity index (χ2n) is 5.55. The Kier molecular flexibility index (Phi) is 5.93. The van der Waals surface area contributed by atoms with Gasteiger partial charge in [0.1, 0.15) is 5.75 Å². The topological polar surface area (TPSA) is 81.4 Å². The number of aromatic nitrogens is 2. The van der Waals surface area contributed by atoms with Gasteiger partial charge in [-0.15, -0.1) is 0 Å². The van der Waals surface area contributed by atoms with E-state index in [0.717, 1.165) is 17.8 Å². The van der Waals surface area contributed by atoms with Crippen molar-refractivity contribution < 1.29 is 14.6 Å². The Morgan fingerprint density at radius 2 is 1.85 bits per heavy atom. The summed E-state index contributed by atoms with van der Waals surface area (Å²) in [6.07, 6.45) is 0. The molecule has 1 heterocycles. The van der Waals surface area contributed by atoms with E-state index in [1.165, 1.54) is 4.57 Å². The van der Waals surface area contributed by atoms with Crippen molar-refractivity contribution in [3.05, 3.63) is 76.6 Å². The number of aromatic hydroxyl groups is 1. The summed E-state index contributed by atoms with van der Waals surface area (Å²) in [5, 5.41) is 9.99. The van der Waals surface area contributed by atoms with Crippen molar-refractivity contribution in [2.45, 2.75) is 12.1 Å². The van der Waals surface area contributed by atoms with Crippen molar-refractivity contribution in [2.24, 2.45) is 0 Å². The zero-order valence-corrected chi connectivity index (χ0v) is 15.5. The number of hydrogen-bond acceptors (Lipinski definition) is 6. The molecule has 0 aliphatic rings. The second-order valence-corrected chi connectivity index (χ2v) is 6.49. The largest absolute Gasteiger partial charge is 0.493 e. The van der Waals surface area contributed by atoms with Crippen molar-refractivity contribution in [1.29, 1.82) is 0 Å². The third-order valence-corrected chi connectivity index (χ3v) is 4.65. The number of thioether (sulfide) groups is 1. The molecule has 0 saturated carbocycles. The lowest BCUT2D eigenvalue weighted by molar-refractivity contribution is 0.102. The lowest BCUT2D eigenvalue weighted by Gasteiger charge is -2.15. The molecule has 138 valence electrons. The molecule has 3 aromatic rings. The van der Waals surface area contributed by atoms with Gasteiger partial charge in [0.25, 0.3) is 5.56 Å². The molecule has 1 N–H and O–H groups in total. The minimum absolute atomic E-state index is 0.0801. The molecule has 3 rings (SSSR count). The molecule has 0 saturated heterocycles. The first-order chi connectivity index (χ1) is 13.1. The fraction of sp³-hybridized carbons (Fsp3) is 0.150. The van der Waals surface area contributed by atoms with E-state index in [-0.39, 0.29) is 22.6 Å². The van der Waals surface area contributed by atoms with Crippen molar-refractivity contribution in [3.63, 3.8) is 0 Å². The van der Waals surface area contributed by atoms with Gasteiger partial charge in [0.2, 0.25) is 5.88 Å². The van der Waals surface area contributed by atoms with E-state index in [2.05, 4.69) is 4.98 Å². The van der Waals surface area contributed by atoms with E-state index in [1.807, 2.05) is 13.0 Å². The maximum Gasteiger partial charge on any atom is 0.262 e. The smallest absolute Gasteiger partial charge is 0.262 e. The number of Topliss-reactive ketones (excluding diaryl/α,β-unsaturated/α-hetero) is 1. The summed E-state index contributed by atoms with van der Waals surface area (Å²) in [5.74, 6) is 0.116. The van der Waals surface area contributed by atoms with Gasteiger partial charge in [-0.1, -0.05) is 54.2 Å². The maximum atomic E-state index is 12.5. The number of ketones is 1. The van der Waals surface area contributed by atoms with Crippen molar-refractivity contribution in [3.8, 4) is 17.3 Å². The SMILES string of the molecule is CCOc1ccccc1-n1c(SCC(=O)c2ccccc2)nc(O)cc1=O. The van der Waals surface area contributed by atoms with E-state index in [4.69, 9.17) is 4.74 Å². The normalized spacial score (nSPS) is 10.6. The highest BCUT2D eigenvalue weighted by atomic mass is 32.2. The second kappa shape index (κ2) is 8.55. The first-order valence-corrected chi connectivity index (χ1v) is 9.35. The monoisotopic (exact) mass is 382 g/mol. The highest BCUT2D eigenvalue weighted by Crippen LogP contribution is 2.27. The fourth-order valence-electron chi connectivity index (χ4n) is 2.53. The molecule has 0 unspecified atom stereocenters. The highest BCUT2D eigenvalue weighted by Gasteiger charge is 2.16. The Labute approximate surface area is 160 Å². The summed E-state index contributed by atoms with van der Waals surface area (Å²) in [4.78, 5) is 29.0. The summed E-state index contributed by atoms with van der Waals surface area (Å²) in [6.45, 7) is 2.29. The van der Waals surface area contributed by atoms with Gasteiger partial charge in [-0.25, -0.2) is 0 Å². The lowest BCUT2D eigenvalue weighted by atomic mass is 10.2. The maximum absolute atomic E-state index is 12.5. The fourth-order valence-corrected chi connectivity index (χ4v) is 3.43. The van der Waals surface area contributed by atoms with Crippen LogP contribution in [-0.2, 0) is 0 Å². The molecule has 0 bridgehead atoms. The van der Waals surface area contributed by atoms with Crippen LogP contribution in [0.25, 0.3) is 5.69 Å². The molecule has 0 aliphatic carbocycles. The van der Waals surface area contributed by atoms with Gasteiger partial charge in [-0.2, -0.15) is 4.98 Å². The van der Waals surface area contributed by atoms with Gasteiger partial charge in [-0.3, -0.25) is 14.2 Å². The van der Waals surface area contributed by atoms with Gasteiger partial charge < -0.3 is 9.84 Å². The minimum Gasteiger partial charge on any atom is -0.493 e. The molecule has 0 amide bonds. The van der Waals surface area contributed by atoms with Crippen LogP contribution in [-0.4, -0.2) is 32.8 Å². The van der Waals surface area contributed by atoms with Crippen molar-refractivity contribution in [1.82, 2.24) is 9.55 Å². The Balaban J connectivity index is 1.97. The van der Waals surface area contributed by atoms with Gasteiger partial charge in [0.05, 0.1) is 24.1 Å². The average Bonchev–Trinajstić information content (AvgIpc) is 2.67. The van der Waals surface area contributed by atoms with E-state index in [1.54, 1.807) is 48.5 Å². The van der Waals surface area contributed by atoms with Gasteiger partial charge in [-0.05, 0) is 19.1 Å². The van der Waals surface area contributed by atoms with Crippen LogP contribution in [0.15, 0.2) is 70.6 Å². The number of rotatable bonds is 7. The predicted molar refractivity (Wildman–Crippen MR) is 104 cm³/mol. The van der Waals surface area contributed by atoms with Crippen LogP contribution < -0.4 is 10.3 Å². The molecular weight excluding hydrogens is 364 g/mol. The molecular formula is C20H18N2O4S. The van der Waals surface area contributed by atoms with Crippen LogP contribution in [0.4, 0.5) is 0 Å². The summed E-state index contributed by atoms with van der Waals surface area (Å²) in [6, 6.07) is 17.0. The molecule has 0 atom stereocenters. The summed E-state index contributed by atoms with van der Waals surface area (Å²) in [7, 11) is 0. The molecule has 0 radical (unpaired) electrons. The minimum atomic E-state index is -0.454. The molecule has 7 heteroatoms. The first-order valence-electron chi connectivity index (χ1n) is 8.36. The van der Waals surface area contributed by atoms with Crippen LogP contribution in [0.1, 0.15) is 17.3 Å². The Hall–Kier alpha value is -3.06. The Morgan fingerprint density at radius 3 is 2.59 bits per heavy atom. The van der Waals surface area contributed by atoms with E-state index in [9.17, 15) is 14.7 Å². The third kappa shape index (κ3) is 4.38. The van der Waals surface area contributed by atoms with Crippen molar-refractivity contribution >= 4 is 17.5 Å². The number of ether oxygens (including phenoxy) is 1. The number of nitrogens with zero attached hydrogens (tertiary/aromatic N) is 2. The number of hydrogen-bond donors (Lipinski definition) is 1. The quantitative estimate of drug-likeness (QED) is 0.384. The molecule has 0 aliphatic heterocycles. The molecule has 6 nitrogen and oxygen atoms in total. The van der Waals surface area contributed by atoms with E-state index in [0.29, 0.717) is 23.6 Å². The number of carbonyl (C=O) groups is 1. The number of para-hydroxylation sites is 2. The van der Waals surface area contributed by atoms with Crippen LogP contribution in [0.2, 0.25) is 0 Å². The summed E-state index contributed by atoms with van der Waals surface area (Å²) >= 11 is 1.09. The van der Waals surface area contributed by atoms with Gasteiger partial charge in [0, 0.05) is 5.56 Å². The zero-order chi connectivity index (χ0) is 19.2. The van der Waals surface area contributed by atoms with Crippen LogP contribution in [0.5, 0.6) is 11.6 Å². The van der Waals surface area contributed by atoms with Crippen LogP contribution in [0, 0.1) is 0 Å². The lowest BCUT2D eigenvalue weighted by Crippen LogP contribution is -2.21. The zero-order valence-electron chi connectivity index (χ0n) is 14.7. The standard InChI is InChI=1S/C20H18N2O4S/c1-2-26-17-11-7-6-10-15(17)22-19(25)12-18(24)21-20(22)27-13-16(23)14-8-4-3-5-9-14/h3-12,24H,2,13H2,1H3. The highest BCUT2D eigenvalue weighted by molar-refractivity contribution is 7.99. The van der Waals surface area contributed by atoms with E-state index >= 15 is 0 Å². The molecule has 27 heavy (non-hydrogen) atoms. The summed E-state index contributed by atoms with van der Waals surface area (Å²) < 4.78 is 6.94. The van der Waals surface area contributed by atoms with Gasteiger partial charge in [0.15, 0.2) is 10.9 Å². The number of carbonyl (C=O) groups excluding carboxylic acids is 1. The molecule has 1 aromatic heterocycles. The average molecular weight is 382 g/mol. The van der Waals surface area contributed by atoms with Gasteiger partial charge >= 0.3 is 0 Å². The van der Waals surface area contributed by atoms with E-state index < -0.39 is 5.56 Å².